The fourth-order valence-corrected chi connectivity index (χ4v) is 12.3. The van der Waals surface area contributed by atoms with Crippen LogP contribution in [0.3, 0.4) is 0 Å². The maximum Gasteiger partial charge on any atom is 0.227 e. The van der Waals surface area contributed by atoms with Crippen LogP contribution in [0.5, 0.6) is 0 Å². The third-order valence-electron chi connectivity index (χ3n) is 17.2. The molecule has 0 radical (unpaired) electrons. The molecular formula is C84H52N8O2. The Morgan fingerprint density at radius 3 is 1.02 bits per heavy atom. The predicted octanol–water partition coefficient (Wildman–Crippen LogP) is 21.3. The fourth-order valence-electron chi connectivity index (χ4n) is 12.3. The van der Waals surface area contributed by atoms with Gasteiger partial charge in [0, 0.05) is 90.5 Å². The van der Waals surface area contributed by atoms with Gasteiger partial charge in [-0.1, -0.05) is 212 Å². The zero-order valence-electron chi connectivity index (χ0n) is 50.4. The van der Waals surface area contributed by atoms with Crippen LogP contribution in [-0.4, -0.2) is 39.9 Å². The number of furan rings is 2. The number of para-hydroxylation sites is 2. The third-order valence-corrected chi connectivity index (χ3v) is 17.2. The van der Waals surface area contributed by atoms with Crippen LogP contribution in [0.4, 0.5) is 0 Å². The maximum absolute atomic E-state index is 6.12. The predicted molar refractivity (Wildman–Crippen MR) is 379 cm³/mol. The largest absolute Gasteiger partial charge is 0.438 e. The molecule has 8 heterocycles. The van der Waals surface area contributed by atoms with E-state index in [1.807, 2.05) is 134 Å². The molecule has 0 bridgehead atoms. The van der Waals surface area contributed by atoms with E-state index in [2.05, 4.69) is 186 Å². The van der Waals surface area contributed by atoms with Crippen molar-refractivity contribution in [2.75, 3.05) is 0 Å². The van der Waals surface area contributed by atoms with Crippen LogP contribution < -0.4 is 0 Å². The third kappa shape index (κ3) is 10.8. The van der Waals surface area contributed by atoms with Crippen molar-refractivity contribution >= 4 is 65.9 Å². The summed E-state index contributed by atoms with van der Waals surface area (Å²) in [5, 5.41) is 6.35. The van der Waals surface area contributed by atoms with Gasteiger partial charge < -0.3 is 8.83 Å². The summed E-state index contributed by atoms with van der Waals surface area (Å²) in [6, 6.07) is 99.8. The smallest absolute Gasteiger partial charge is 0.227 e. The Morgan fingerprint density at radius 1 is 0.213 bits per heavy atom. The summed E-state index contributed by atoms with van der Waals surface area (Å²) in [6.07, 6.45) is 7.29. The van der Waals surface area contributed by atoms with E-state index in [4.69, 9.17) is 38.7 Å². The number of rotatable bonds is 10. The van der Waals surface area contributed by atoms with Crippen LogP contribution >= 0.6 is 0 Å². The molecule has 0 amide bonds. The van der Waals surface area contributed by atoms with Crippen molar-refractivity contribution in [3.05, 3.63) is 316 Å². The first kappa shape index (κ1) is 55.2. The van der Waals surface area contributed by atoms with Gasteiger partial charge in [-0.05, 0) is 123 Å². The van der Waals surface area contributed by atoms with E-state index in [9.17, 15) is 0 Å². The molecule has 0 spiro atoms. The first-order valence-electron chi connectivity index (χ1n) is 31.1. The first-order valence-corrected chi connectivity index (χ1v) is 31.1. The van der Waals surface area contributed by atoms with Crippen LogP contribution in [0.15, 0.2) is 325 Å². The number of nitrogens with zero attached hydrogens (tertiary/aromatic N) is 8. The average molecular weight is 1210 g/mol. The van der Waals surface area contributed by atoms with Gasteiger partial charge >= 0.3 is 0 Å². The van der Waals surface area contributed by atoms with Gasteiger partial charge in [0.2, 0.25) is 11.4 Å². The monoisotopic (exact) mass is 1200 g/mol. The van der Waals surface area contributed by atoms with E-state index in [1.165, 1.54) is 0 Å². The normalized spacial score (nSPS) is 11.4. The van der Waals surface area contributed by atoms with E-state index in [0.29, 0.717) is 23.1 Å². The Balaban J connectivity index is 0.000000143. The van der Waals surface area contributed by atoms with E-state index in [0.717, 1.165) is 155 Å². The molecule has 0 aliphatic carbocycles. The quantitative estimate of drug-likeness (QED) is 0.130. The van der Waals surface area contributed by atoms with Gasteiger partial charge in [-0.3, -0.25) is 9.97 Å². The van der Waals surface area contributed by atoms with E-state index < -0.39 is 0 Å². The lowest BCUT2D eigenvalue weighted by Crippen LogP contribution is -1.96. The van der Waals surface area contributed by atoms with Gasteiger partial charge in [-0.2, -0.15) is 0 Å². The lowest BCUT2D eigenvalue weighted by molar-refractivity contribution is 0.655. The van der Waals surface area contributed by atoms with Crippen molar-refractivity contribution in [3.63, 3.8) is 0 Å². The van der Waals surface area contributed by atoms with E-state index >= 15 is 0 Å². The summed E-state index contributed by atoms with van der Waals surface area (Å²) in [4.78, 5) is 38.0. The second-order valence-electron chi connectivity index (χ2n) is 23.1. The summed E-state index contributed by atoms with van der Waals surface area (Å²) in [5.74, 6) is 1.38. The highest BCUT2D eigenvalue weighted by molar-refractivity contribution is 6.10. The standard InChI is InChI=1S/2C42H26N4O/c1-2-7-29(8-3-1)38-25-39(45-41(44-38)31-18-14-28(15-19-31)34-10-6-22-43-26-34)30-16-12-27(13-17-30)32-20-21-40-35(23-32)36-24-33-9-4-5-11-37(33)46-42(36)47-40;1-2-6-32(7-3-1)41-44-38(30-14-10-27(11-15-30)29-20-22-43-23-21-29)26-39(45-41)31-16-12-28(13-17-31)33-18-19-40-35(24-33)36-25-34-8-4-5-9-37(34)46-42(36)47-40/h2*1-26H. The Morgan fingerprint density at radius 2 is 0.564 bits per heavy atom. The van der Waals surface area contributed by atoms with Crippen LogP contribution in [0.1, 0.15) is 0 Å². The number of pyridine rings is 4. The van der Waals surface area contributed by atoms with Gasteiger partial charge in [0.05, 0.1) is 33.8 Å². The zero-order chi connectivity index (χ0) is 62.3. The van der Waals surface area contributed by atoms with Gasteiger partial charge in [-0.15, -0.1) is 0 Å². The summed E-state index contributed by atoms with van der Waals surface area (Å²) >= 11 is 0. The fraction of sp³-hybridized carbons (Fsp3) is 0. The van der Waals surface area contributed by atoms with Crippen LogP contribution in [0, 0.1) is 0 Å². The molecule has 440 valence electrons. The van der Waals surface area contributed by atoms with Gasteiger partial charge in [0.15, 0.2) is 11.6 Å². The number of aromatic nitrogens is 8. The van der Waals surface area contributed by atoms with Crippen LogP contribution in [0.2, 0.25) is 0 Å². The second kappa shape index (κ2) is 23.8. The van der Waals surface area contributed by atoms with Crippen molar-refractivity contribution < 1.29 is 8.83 Å². The molecule has 10 nitrogen and oxygen atoms in total. The van der Waals surface area contributed by atoms with Crippen molar-refractivity contribution in [3.8, 4) is 112 Å². The zero-order valence-corrected chi connectivity index (χ0v) is 50.4. The minimum absolute atomic E-state index is 0.659. The summed E-state index contributed by atoms with van der Waals surface area (Å²) < 4.78 is 12.2. The number of hydrogen-bond donors (Lipinski definition) is 0. The topological polar surface area (TPSA) is 129 Å². The molecule has 0 aliphatic rings. The average Bonchev–Trinajstić information content (AvgIpc) is 1.63. The molecule has 18 rings (SSSR count). The molecule has 10 heteroatoms. The summed E-state index contributed by atoms with van der Waals surface area (Å²) in [5.41, 5.74) is 23.3. The van der Waals surface area contributed by atoms with E-state index in [1.54, 1.807) is 6.20 Å². The van der Waals surface area contributed by atoms with E-state index in [-0.39, 0.29) is 0 Å². The first-order chi connectivity index (χ1) is 46.5. The lowest BCUT2D eigenvalue weighted by Gasteiger charge is -2.11. The van der Waals surface area contributed by atoms with Crippen molar-refractivity contribution in [2.45, 2.75) is 0 Å². The molecule has 10 aromatic carbocycles. The second-order valence-corrected chi connectivity index (χ2v) is 23.1. The highest BCUT2D eigenvalue weighted by Gasteiger charge is 2.17. The SMILES string of the molecule is c1ccc(-c2cc(-c3ccc(-c4ccc5oc6nc7ccccc7cc6c5c4)cc3)nc(-c3ccc(-c4cccnc4)cc3)n2)cc1.c1ccc(-c2nc(-c3ccc(-c4ccncc4)cc3)cc(-c3ccc(-c4ccc5oc6nc7ccccc7cc6c5c4)cc3)n2)cc1. The van der Waals surface area contributed by atoms with Gasteiger partial charge in [-0.25, -0.2) is 29.9 Å². The maximum atomic E-state index is 6.12. The number of hydrogen-bond acceptors (Lipinski definition) is 10. The highest BCUT2D eigenvalue weighted by Crippen LogP contribution is 2.38. The molecule has 18 aromatic rings. The Labute approximate surface area is 540 Å². The molecule has 94 heavy (non-hydrogen) atoms. The number of fused-ring (bicyclic) bond motifs is 8. The van der Waals surface area contributed by atoms with Gasteiger partial charge in [0.25, 0.3) is 0 Å². The molecule has 0 unspecified atom stereocenters. The summed E-state index contributed by atoms with van der Waals surface area (Å²) in [7, 11) is 0. The molecule has 8 aromatic heterocycles. The molecule has 0 fully saturated rings. The van der Waals surface area contributed by atoms with Crippen molar-refractivity contribution in [2.24, 2.45) is 0 Å². The van der Waals surface area contributed by atoms with Crippen LogP contribution in [-0.2, 0) is 0 Å². The molecule has 0 atom stereocenters. The molecule has 0 aliphatic heterocycles. The Bertz CT molecular complexity index is 5450. The molecule has 0 saturated carbocycles. The number of benzene rings is 10. The highest BCUT2D eigenvalue weighted by atomic mass is 16.3. The van der Waals surface area contributed by atoms with Crippen molar-refractivity contribution in [1.82, 2.24) is 39.9 Å². The van der Waals surface area contributed by atoms with Gasteiger partial charge in [0.1, 0.15) is 11.2 Å². The van der Waals surface area contributed by atoms with Crippen molar-refractivity contribution in [1.29, 1.82) is 0 Å². The summed E-state index contributed by atoms with van der Waals surface area (Å²) in [6.45, 7) is 0. The molecular weight excluding hydrogens is 1150 g/mol. The lowest BCUT2D eigenvalue weighted by atomic mass is 9.99. The minimum atomic E-state index is 0.659. The Kier molecular flexibility index (Phi) is 14.0. The minimum Gasteiger partial charge on any atom is -0.438 e. The Hall–Kier alpha value is -12.9. The van der Waals surface area contributed by atoms with Crippen LogP contribution in [0.25, 0.3) is 178 Å². The molecule has 0 saturated heterocycles. The molecule has 0 N–H and O–H groups in total.